The smallest absolute Gasteiger partial charge is 0.249 e. The lowest BCUT2D eigenvalue weighted by molar-refractivity contribution is -0.127. The van der Waals surface area contributed by atoms with Gasteiger partial charge in [0.1, 0.15) is 16.4 Å². The van der Waals surface area contributed by atoms with Crippen molar-refractivity contribution in [3.8, 4) is 10.6 Å². The van der Waals surface area contributed by atoms with Gasteiger partial charge in [-0.1, -0.05) is 55.3 Å². The molecule has 3 atom stereocenters. The van der Waals surface area contributed by atoms with E-state index in [4.69, 9.17) is 23.2 Å². The second-order valence-corrected chi connectivity index (χ2v) is 7.97. The van der Waals surface area contributed by atoms with Crippen LogP contribution in [0, 0.1) is 5.92 Å². The molecule has 0 saturated heterocycles. The van der Waals surface area contributed by atoms with Crippen LogP contribution in [-0.2, 0) is 9.59 Å². The van der Waals surface area contributed by atoms with Crippen LogP contribution < -0.4 is 10.6 Å². The van der Waals surface area contributed by atoms with E-state index in [1.807, 2.05) is 26.0 Å². The lowest BCUT2D eigenvalue weighted by Gasteiger charge is -2.23. The number of benzene rings is 1. The quantitative estimate of drug-likeness (QED) is 0.671. The molecule has 0 saturated carbocycles. The monoisotopic (exact) mass is 414 g/mol. The zero-order valence-electron chi connectivity index (χ0n) is 14.6. The van der Waals surface area contributed by atoms with Gasteiger partial charge in [0.2, 0.25) is 16.9 Å². The number of amides is 2. The summed E-state index contributed by atoms with van der Waals surface area (Å²) in [6.45, 7) is 5.40. The predicted molar refractivity (Wildman–Crippen MR) is 106 cm³/mol. The van der Waals surface area contributed by atoms with Gasteiger partial charge in [0.15, 0.2) is 0 Å². The Labute approximate surface area is 166 Å². The number of hydrogen-bond donors (Lipinski definition) is 2. The number of nitrogens with one attached hydrogen (secondary N) is 2. The summed E-state index contributed by atoms with van der Waals surface area (Å²) in [5.74, 6) is -0.794. The predicted octanol–water partition coefficient (Wildman–Crippen LogP) is 3.96. The van der Waals surface area contributed by atoms with Gasteiger partial charge in [0, 0.05) is 10.6 Å². The molecule has 6 nitrogen and oxygen atoms in total. The Balaban J connectivity index is 2.12. The van der Waals surface area contributed by atoms with Gasteiger partial charge in [-0.05, 0) is 25.0 Å². The normalized spacial score (nSPS) is 14.3. The zero-order chi connectivity index (χ0) is 19.3. The number of carbonyl (C=O) groups is 2. The van der Waals surface area contributed by atoms with Crippen molar-refractivity contribution in [1.82, 2.24) is 15.5 Å². The van der Waals surface area contributed by atoms with Crippen molar-refractivity contribution in [2.24, 2.45) is 5.92 Å². The third kappa shape index (κ3) is 5.40. The minimum absolute atomic E-state index is 0.0605. The Kier molecular flexibility index (Phi) is 7.37. The van der Waals surface area contributed by atoms with Crippen molar-refractivity contribution in [1.29, 1.82) is 0 Å². The average Bonchev–Trinajstić information content (AvgIpc) is 3.07. The van der Waals surface area contributed by atoms with Crippen LogP contribution in [0.25, 0.3) is 10.6 Å². The van der Waals surface area contributed by atoms with Crippen molar-refractivity contribution in [3.63, 3.8) is 0 Å². The van der Waals surface area contributed by atoms with Crippen LogP contribution in [0.2, 0.25) is 5.02 Å². The van der Waals surface area contributed by atoms with E-state index >= 15 is 0 Å². The molecule has 9 heteroatoms. The number of halogens is 2. The molecule has 1 heterocycles. The molecule has 26 heavy (non-hydrogen) atoms. The van der Waals surface area contributed by atoms with E-state index in [0.717, 1.165) is 12.0 Å². The Hall–Kier alpha value is -1.70. The Morgan fingerprint density at radius 3 is 2.58 bits per heavy atom. The molecule has 1 aromatic heterocycles. The first-order chi connectivity index (χ1) is 12.3. The van der Waals surface area contributed by atoms with Gasteiger partial charge in [-0.15, -0.1) is 21.8 Å². The van der Waals surface area contributed by atoms with Gasteiger partial charge in [0.05, 0.1) is 0 Å². The highest BCUT2D eigenvalue weighted by Gasteiger charge is 2.28. The minimum Gasteiger partial charge on any atom is -0.343 e. The zero-order valence-corrected chi connectivity index (χ0v) is 17.0. The lowest BCUT2D eigenvalue weighted by atomic mass is 9.98. The first-order valence-electron chi connectivity index (χ1n) is 8.16. The number of aromatic nitrogens is 2. The molecule has 1 aromatic carbocycles. The maximum atomic E-state index is 12.6. The molecule has 140 valence electrons. The highest BCUT2D eigenvalue weighted by molar-refractivity contribution is 7.18. The first kappa shape index (κ1) is 20.6. The van der Waals surface area contributed by atoms with E-state index in [1.54, 1.807) is 19.1 Å². The summed E-state index contributed by atoms with van der Waals surface area (Å²) in [7, 11) is 0. The highest BCUT2D eigenvalue weighted by atomic mass is 35.5. The maximum absolute atomic E-state index is 12.6. The Bertz CT molecular complexity index is 782. The number of rotatable bonds is 7. The molecular weight excluding hydrogens is 395 g/mol. The fourth-order valence-corrected chi connectivity index (χ4v) is 3.16. The molecule has 0 aliphatic rings. The van der Waals surface area contributed by atoms with Crippen molar-refractivity contribution < 1.29 is 9.59 Å². The molecule has 0 radical (unpaired) electrons. The lowest BCUT2D eigenvalue weighted by Crippen LogP contribution is -2.49. The topological polar surface area (TPSA) is 84.0 Å². The van der Waals surface area contributed by atoms with Crippen molar-refractivity contribution in [2.45, 2.75) is 38.6 Å². The molecule has 2 rings (SSSR count). The number of anilines is 1. The van der Waals surface area contributed by atoms with Gasteiger partial charge in [-0.25, -0.2) is 0 Å². The van der Waals surface area contributed by atoms with E-state index in [1.165, 1.54) is 11.3 Å². The molecule has 0 fully saturated rings. The SMILES string of the molecule is CC[C@@H](C)[C@@H](NC(=O)[C@@H](C)Cl)C(=O)Nc1nnc(-c2cccc(Cl)c2)s1. The summed E-state index contributed by atoms with van der Waals surface area (Å²) in [5.41, 5.74) is 0.818. The Morgan fingerprint density at radius 2 is 1.96 bits per heavy atom. The van der Waals surface area contributed by atoms with Crippen LogP contribution in [0.3, 0.4) is 0 Å². The Morgan fingerprint density at radius 1 is 1.23 bits per heavy atom. The molecule has 0 aliphatic carbocycles. The van der Waals surface area contributed by atoms with Crippen LogP contribution in [0.5, 0.6) is 0 Å². The molecular formula is C17H20Cl2N4O2S. The van der Waals surface area contributed by atoms with E-state index in [9.17, 15) is 9.59 Å². The summed E-state index contributed by atoms with van der Waals surface area (Å²) < 4.78 is 0. The van der Waals surface area contributed by atoms with E-state index in [0.29, 0.717) is 15.2 Å². The molecule has 2 N–H and O–H groups in total. The molecule has 0 unspecified atom stereocenters. The van der Waals surface area contributed by atoms with Gasteiger partial charge < -0.3 is 5.32 Å². The number of carbonyl (C=O) groups excluding carboxylic acids is 2. The average molecular weight is 415 g/mol. The second kappa shape index (κ2) is 9.30. The van der Waals surface area contributed by atoms with E-state index in [2.05, 4.69) is 20.8 Å². The van der Waals surface area contributed by atoms with Crippen molar-refractivity contribution in [2.75, 3.05) is 5.32 Å². The second-order valence-electron chi connectivity index (χ2n) is 5.90. The number of nitrogens with zero attached hydrogens (tertiary/aromatic N) is 2. The number of hydrogen-bond acceptors (Lipinski definition) is 5. The molecule has 0 bridgehead atoms. The van der Waals surface area contributed by atoms with Crippen molar-refractivity contribution >= 4 is 51.5 Å². The highest BCUT2D eigenvalue weighted by Crippen LogP contribution is 2.28. The largest absolute Gasteiger partial charge is 0.343 e. The van der Waals surface area contributed by atoms with Gasteiger partial charge >= 0.3 is 0 Å². The van der Waals surface area contributed by atoms with E-state index < -0.39 is 11.4 Å². The molecule has 0 spiro atoms. The van der Waals surface area contributed by atoms with E-state index in [-0.39, 0.29) is 17.7 Å². The van der Waals surface area contributed by atoms with Crippen LogP contribution in [0.15, 0.2) is 24.3 Å². The fraction of sp³-hybridized carbons (Fsp3) is 0.412. The standard InChI is InChI=1S/C17H20Cl2N4O2S/c1-4-9(2)13(20-14(24)10(3)18)15(25)21-17-23-22-16(26-17)11-6-5-7-12(19)8-11/h5-10,13H,4H2,1-3H3,(H,20,24)(H,21,23,25)/t9-,10-,13-/m1/s1. The van der Waals surface area contributed by atoms with Gasteiger partial charge in [-0.2, -0.15) is 0 Å². The number of alkyl halides is 1. The fourth-order valence-electron chi connectivity index (χ4n) is 2.17. The molecule has 2 amide bonds. The van der Waals surface area contributed by atoms with Gasteiger partial charge in [-0.3, -0.25) is 14.9 Å². The summed E-state index contributed by atoms with van der Waals surface area (Å²) in [6, 6.07) is 6.53. The third-order valence-corrected chi connectivity index (χ3v) is 5.20. The summed E-state index contributed by atoms with van der Waals surface area (Å²) >= 11 is 13.0. The van der Waals surface area contributed by atoms with Crippen LogP contribution in [-0.4, -0.2) is 33.4 Å². The molecule has 2 aromatic rings. The summed E-state index contributed by atoms with van der Waals surface area (Å²) in [6.07, 6.45) is 0.721. The van der Waals surface area contributed by atoms with Crippen LogP contribution in [0.1, 0.15) is 27.2 Å². The van der Waals surface area contributed by atoms with Crippen molar-refractivity contribution in [3.05, 3.63) is 29.3 Å². The molecule has 0 aliphatic heterocycles. The maximum Gasteiger partial charge on any atom is 0.249 e. The van der Waals surface area contributed by atoms with Crippen LogP contribution >= 0.6 is 34.5 Å². The van der Waals surface area contributed by atoms with Gasteiger partial charge in [0.25, 0.3) is 0 Å². The van der Waals surface area contributed by atoms with Crippen LogP contribution in [0.4, 0.5) is 5.13 Å². The minimum atomic E-state index is -0.717. The summed E-state index contributed by atoms with van der Waals surface area (Å²) in [5, 5.41) is 14.4. The first-order valence-corrected chi connectivity index (χ1v) is 9.79. The summed E-state index contributed by atoms with van der Waals surface area (Å²) in [4.78, 5) is 24.5. The third-order valence-electron chi connectivity index (χ3n) is 3.88.